The quantitative estimate of drug-likeness (QED) is 0.615. The van der Waals surface area contributed by atoms with Gasteiger partial charge < -0.3 is 4.74 Å². The zero-order valence-electron chi connectivity index (χ0n) is 10.9. The fourth-order valence-corrected chi connectivity index (χ4v) is 1.91. The summed E-state index contributed by atoms with van der Waals surface area (Å²) in [4.78, 5) is 11.5. The van der Waals surface area contributed by atoms with Crippen molar-refractivity contribution in [2.75, 3.05) is 7.11 Å². The van der Waals surface area contributed by atoms with Gasteiger partial charge in [0.25, 0.3) is 0 Å². The fourth-order valence-electron chi connectivity index (χ4n) is 1.91. The number of benzene rings is 2. The van der Waals surface area contributed by atoms with Crippen molar-refractivity contribution >= 4 is 11.5 Å². The van der Waals surface area contributed by atoms with Gasteiger partial charge in [0, 0.05) is 6.08 Å². The second kappa shape index (κ2) is 6.55. The van der Waals surface area contributed by atoms with Crippen molar-refractivity contribution < 1.29 is 9.53 Å². The normalized spacial score (nSPS) is 11.1. The Kier molecular flexibility index (Phi) is 4.51. The maximum Gasteiger partial charge on any atom is 0.330 e. The highest BCUT2D eigenvalue weighted by atomic mass is 16.5. The highest BCUT2D eigenvalue weighted by Gasteiger charge is 2.06. The molecule has 0 saturated carbocycles. The van der Waals surface area contributed by atoms with Crippen LogP contribution in [-0.4, -0.2) is 13.1 Å². The molecule has 0 aliphatic carbocycles. The van der Waals surface area contributed by atoms with Crippen LogP contribution in [0.3, 0.4) is 0 Å². The summed E-state index contributed by atoms with van der Waals surface area (Å²) >= 11 is 0. The van der Waals surface area contributed by atoms with Gasteiger partial charge in [0.05, 0.1) is 7.11 Å². The first kappa shape index (κ1) is 13.1. The molecule has 0 atom stereocenters. The van der Waals surface area contributed by atoms with Crippen LogP contribution in [0.5, 0.6) is 0 Å². The number of hydrogen-bond donors (Lipinski definition) is 0. The van der Waals surface area contributed by atoms with E-state index in [0.29, 0.717) is 6.42 Å². The molecule has 2 rings (SSSR count). The van der Waals surface area contributed by atoms with Gasteiger partial charge in [-0.2, -0.15) is 0 Å². The molecule has 0 fully saturated rings. The molecule has 96 valence electrons. The molecular formula is C17H16O2. The Morgan fingerprint density at radius 2 is 1.58 bits per heavy atom. The van der Waals surface area contributed by atoms with Gasteiger partial charge in [-0.15, -0.1) is 0 Å². The van der Waals surface area contributed by atoms with Crippen LogP contribution in [0.25, 0.3) is 5.57 Å². The molecule has 0 N–H and O–H groups in total. The van der Waals surface area contributed by atoms with E-state index in [0.717, 1.165) is 11.1 Å². The number of hydrogen-bond acceptors (Lipinski definition) is 2. The minimum atomic E-state index is -0.324. The van der Waals surface area contributed by atoms with Crippen LogP contribution in [0.1, 0.15) is 11.1 Å². The van der Waals surface area contributed by atoms with Gasteiger partial charge in [-0.05, 0) is 23.1 Å². The van der Waals surface area contributed by atoms with E-state index in [2.05, 4.69) is 0 Å². The Morgan fingerprint density at radius 3 is 2.16 bits per heavy atom. The van der Waals surface area contributed by atoms with Gasteiger partial charge in [-0.25, -0.2) is 4.79 Å². The minimum absolute atomic E-state index is 0.324. The second-order valence-electron chi connectivity index (χ2n) is 4.22. The summed E-state index contributed by atoms with van der Waals surface area (Å²) in [5.74, 6) is -0.324. The molecule has 19 heavy (non-hydrogen) atoms. The first-order valence-electron chi connectivity index (χ1n) is 6.17. The van der Waals surface area contributed by atoms with E-state index in [4.69, 9.17) is 4.74 Å². The Hall–Kier alpha value is -2.35. The standard InChI is InChI=1S/C17H16O2/c1-19-17(18)13-16(15-10-6-3-7-11-15)12-14-8-4-2-5-9-14/h2-11,13H,12H2,1H3/b16-13-. The summed E-state index contributed by atoms with van der Waals surface area (Å²) in [5.41, 5.74) is 3.16. The first-order valence-corrected chi connectivity index (χ1v) is 6.17. The van der Waals surface area contributed by atoms with Gasteiger partial charge in [0.2, 0.25) is 0 Å². The molecule has 0 radical (unpaired) electrons. The molecule has 2 aromatic rings. The molecule has 2 nitrogen and oxygen atoms in total. The molecule has 0 aliphatic rings. The SMILES string of the molecule is COC(=O)/C=C(/Cc1ccccc1)c1ccccc1. The van der Waals surface area contributed by atoms with E-state index in [1.165, 1.54) is 12.7 Å². The zero-order valence-corrected chi connectivity index (χ0v) is 10.9. The number of rotatable bonds is 4. The first-order chi connectivity index (χ1) is 9.29. The lowest BCUT2D eigenvalue weighted by Crippen LogP contribution is -1.99. The van der Waals surface area contributed by atoms with E-state index >= 15 is 0 Å². The lowest BCUT2D eigenvalue weighted by molar-refractivity contribution is -0.134. The number of carbonyl (C=O) groups excluding carboxylic acids is 1. The molecule has 0 heterocycles. The number of ether oxygens (including phenoxy) is 1. The van der Waals surface area contributed by atoms with Crippen molar-refractivity contribution in [2.24, 2.45) is 0 Å². The van der Waals surface area contributed by atoms with Crippen LogP contribution in [0.15, 0.2) is 66.7 Å². The maximum absolute atomic E-state index is 11.5. The largest absolute Gasteiger partial charge is 0.466 e. The number of esters is 1. The average Bonchev–Trinajstić information content (AvgIpc) is 2.48. The molecular weight excluding hydrogens is 236 g/mol. The predicted octanol–water partition coefficient (Wildman–Crippen LogP) is 3.49. The molecule has 0 spiro atoms. The summed E-state index contributed by atoms with van der Waals surface area (Å²) in [6, 6.07) is 20.0. The molecule has 0 amide bonds. The van der Waals surface area contributed by atoms with Crippen molar-refractivity contribution in [1.29, 1.82) is 0 Å². The Morgan fingerprint density at radius 1 is 1.00 bits per heavy atom. The van der Waals surface area contributed by atoms with E-state index < -0.39 is 0 Å². The third-order valence-corrected chi connectivity index (χ3v) is 2.88. The van der Waals surface area contributed by atoms with Crippen molar-refractivity contribution in [3.05, 3.63) is 77.9 Å². The van der Waals surface area contributed by atoms with Gasteiger partial charge in [0.1, 0.15) is 0 Å². The molecule has 0 aromatic heterocycles. The molecule has 0 unspecified atom stereocenters. The maximum atomic E-state index is 11.5. The van der Waals surface area contributed by atoms with Crippen LogP contribution in [0, 0.1) is 0 Å². The van der Waals surface area contributed by atoms with E-state index in [9.17, 15) is 4.79 Å². The third-order valence-electron chi connectivity index (χ3n) is 2.88. The lowest BCUT2D eigenvalue weighted by atomic mass is 9.98. The van der Waals surface area contributed by atoms with E-state index in [-0.39, 0.29) is 5.97 Å². The molecule has 0 bridgehead atoms. The number of allylic oxidation sites excluding steroid dienone is 1. The van der Waals surface area contributed by atoms with E-state index in [1.807, 2.05) is 60.7 Å². The number of carbonyl (C=O) groups is 1. The van der Waals surface area contributed by atoms with Gasteiger partial charge in [-0.3, -0.25) is 0 Å². The average molecular weight is 252 g/mol. The third kappa shape index (κ3) is 3.81. The van der Waals surface area contributed by atoms with Crippen LogP contribution >= 0.6 is 0 Å². The summed E-state index contributed by atoms with van der Waals surface area (Å²) in [5, 5.41) is 0. The van der Waals surface area contributed by atoms with Crippen LogP contribution in [0.4, 0.5) is 0 Å². The topological polar surface area (TPSA) is 26.3 Å². The summed E-state index contributed by atoms with van der Waals surface area (Å²) in [7, 11) is 1.39. The second-order valence-corrected chi connectivity index (χ2v) is 4.22. The Bertz CT molecular complexity index is 556. The van der Waals surface area contributed by atoms with Crippen molar-refractivity contribution in [1.82, 2.24) is 0 Å². The Balaban J connectivity index is 2.30. The lowest BCUT2D eigenvalue weighted by Gasteiger charge is -2.08. The fraction of sp³-hybridized carbons (Fsp3) is 0.118. The Labute approximate surface area is 113 Å². The summed E-state index contributed by atoms with van der Waals surface area (Å²) < 4.78 is 4.72. The van der Waals surface area contributed by atoms with Gasteiger partial charge >= 0.3 is 5.97 Å². The summed E-state index contributed by atoms with van der Waals surface area (Å²) in [6.45, 7) is 0. The van der Waals surface area contributed by atoms with Gasteiger partial charge in [-0.1, -0.05) is 60.7 Å². The summed E-state index contributed by atoms with van der Waals surface area (Å²) in [6.07, 6.45) is 2.27. The van der Waals surface area contributed by atoms with Crippen molar-refractivity contribution in [2.45, 2.75) is 6.42 Å². The highest BCUT2D eigenvalue weighted by Crippen LogP contribution is 2.19. The van der Waals surface area contributed by atoms with Gasteiger partial charge in [0.15, 0.2) is 0 Å². The highest BCUT2D eigenvalue weighted by molar-refractivity contribution is 5.91. The smallest absolute Gasteiger partial charge is 0.330 e. The molecule has 0 saturated heterocycles. The van der Waals surface area contributed by atoms with Crippen LogP contribution < -0.4 is 0 Å². The number of methoxy groups -OCH3 is 1. The minimum Gasteiger partial charge on any atom is -0.466 e. The zero-order chi connectivity index (χ0) is 13.5. The predicted molar refractivity (Wildman–Crippen MR) is 76.6 cm³/mol. The molecule has 2 aromatic carbocycles. The van der Waals surface area contributed by atoms with Crippen LogP contribution in [-0.2, 0) is 16.0 Å². The van der Waals surface area contributed by atoms with E-state index in [1.54, 1.807) is 6.08 Å². The molecule has 2 heteroatoms. The monoisotopic (exact) mass is 252 g/mol. The van der Waals surface area contributed by atoms with Crippen molar-refractivity contribution in [3.8, 4) is 0 Å². The van der Waals surface area contributed by atoms with Crippen LogP contribution in [0.2, 0.25) is 0 Å². The molecule has 0 aliphatic heterocycles. The van der Waals surface area contributed by atoms with Crippen molar-refractivity contribution in [3.63, 3.8) is 0 Å².